The highest BCUT2D eigenvalue weighted by Crippen LogP contribution is 2.29. The fourth-order valence-electron chi connectivity index (χ4n) is 3.76. The van der Waals surface area contributed by atoms with Gasteiger partial charge in [0.1, 0.15) is 11.5 Å². The van der Waals surface area contributed by atoms with E-state index in [-0.39, 0.29) is 5.69 Å². The molecule has 1 fully saturated rings. The van der Waals surface area contributed by atoms with Gasteiger partial charge in [0, 0.05) is 57.6 Å². The molecule has 1 aromatic carbocycles. The molecule has 1 saturated heterocycles. The summed E-state index contributed by atoms with van der Waals surface area (Å²) in [5, 5.41) is 15.3. The van der Waals surface area contributed by atoms with Crippen molar-refractivity contribution in [2.24, 2.45) is 0 Å². The number of piperazine rings is 1. The van der Waals surface area contributed by atoms with Crippen molar-refractivity contribution in [1.29, 1.82) is 0 Å². The number of nitro benzene ring substituents is 1. The minimum atomic E-state index is -0.399. The van der Waals surface area contributed by atoms with Crippen LogP contribution in [0.5, 0.6) is 0 Å². The Bertz CT molecular complexity index is 1000. The van der Waals surface area contributed by atoms with Crippen molar-refractivity contribution in [2.45, 2.75) is 6.54 Å². The van der Waals surface area contributed by atoms with Gasteiger partial charge in [-0.3, -0.25) is 19.9 Å². The zero-order valence-corrected chi connectivity index (χ0v) is 17.6. The average molecular weight is 422 g/mol. The molecule has 4 rings (SSSR count). The molecular weight excluding hydrogens is 396 g/mol. The van der Waals surface area contributed by atoms with Crippen LogP contribution in [0.2, 0.25) is 0 Å². The Morgan fingerprint density at radius 1 is 1.13 bits per heavy atom. The third-order valence-corrected chi connectivity index (χ3v) is 5.50. The van der Waals surface area contributed by atoms with E-state index in [4.69, 9.17) is 4.52 Å². The van der Waals surface area contributed by atoms with Crippen LogP contribution >= 0.6 is 0 Å². The predicted molar refractivity (Wildman–Crippen MR) is 118 cm³/mol. The minimum absolute atomic E-state index is 0.0283. The van der Waals surface area contributed by atoms with Gasteiger partial charge < -0.3 is 9.42 Å². The number of anilines is 1. The van der Waals surface area contributed by atoms with Gasteiger partial charge in [0.25, 0.3) is 5.69 Å². The fraction of sp³-hybridized carbons (Fsp3) is 0.364. The van der Waals surface area contributed by atoms with E-state index in [9.17, 15) is 10.1 Å². The van der Waals surface area contributed by atoms with Crippen molar-refractivity contribution in [3.63, 3.8) is 0 Å². The van der Waals surface area contributed by atoms with Gasteiger partial charge >= 0.3 is 0 Å². The van der Waals surface area contributed by atoms with E-state index in [0.717, 1.165) is 45.1 Å². The van der Waals surface area contributed by atoms with E-state index in [1.54, 1.807) is 24.3 Å². The van der Waals surface area contributed by atoms with Crippen molar-refractivity contribution in [1.82, 2.24) is 19.9 Å². The second kappa shape index (κ2) is 9.67. The largest absolute Gasteiger partial charge is 0.359 e. The van der Waals surface area contributed by atoms with Crippen LogP contribution in [0, 0.1) is 10.1 Å². The summed E-state index contributed by atoms with van der Waals surface area (Å²) in [7, 11) is 2.04. The van der Waals surface area contributed by atoms with Crippen molar-refractivity contribution in [3.8, 4) is 11.3 Å². The first-order chi connectivity index (χ1) is 15.1. The molecule has 0 bridgehead atoms. The number of para-hydroxylation sites is 1. The first-order valence-corrected chi connectivity index (χ1v) is 10.4. The second-order valence-electron chi connectivity index (χ2n) is 7.71. The highest BCUT2D eigenvalue weighted by molar-refractivity contribution is 5.70. The summed E-state index contributed by atoms with van der Waals surface area (Å²) in [6.45, 7) is 6.43. The molecule has 9 heteroatoms. The highest BCUT2D eigenvalue weighted by Gasteiger charge is 2.20. The lowest BCUT2D eigenvalue weighted by Crippen LogP contribution is -2.48. The molecule has 1 aliphatic rings. The molecule has 2 aromatic heterocycles. The number of nitro groups is 1. The van der Waals surface area contributed by atoms with E-state index in [0.29, 0.717) is 23.6 Å². The molecule has 0 unspecified atom stereocenters. The number of rotatable bonds is 8. The van der Waals surface area contributed by atoms with Crippen molar-refractivity contribution < 1.29 is 9.45 Å². The third-order valence-electron chi connectivity index (χ3n) is 5.50. The SMILES string of the molecule is CN(CCN1CCN(c2ccccn2)CC1)Cc1cc(-c2ccccc2[N+](=O)[O-])no1. The molecule has 0 saturated carbocycles. The lowest BCUT2D eigenvalue weighted by atomic mass is 10.1. The number of likely N-dealkylation sites (N-methyl/N-ethyl adjacent to an activating group) is 1. The molecule has 0 radical (unpaired) electrons. The van der Waals surface area contributed by atoms with Gasteiger partial charge in [-0.2, -0.15) is 0 Å². The minimum Gasteiger partial charge on any atom is -0.359 e. The average Bonchev–Trinajstić information content (AvgIpc) is 3.27. The lowest BCUT2D eigenvalue weighted by molar-refractivity contribution is -0.384. The van der Waals surface area contributed by atoms with Crippen LogP contribution in [0.1, 0.15) is 5.76 Å². The van der Waals surface area contributed by atoms with Gasteiger partial charge in [-0.05, 0) is 25.2 Å². The Kier molecular flexibility index (Phi) is 6.54. The van der Waals surface area contributed by atoms with Gasteiger partial charge in [0.15, 0.2) is 5.76 Å². The highest BCUT2D eigenvalue weighted by atomic mass is 16.6. The van der Waals surface area contributed by atoms with Crippen LogP contribution in [0.3, 0.4) is 0 Å². The maximum Gasteiger partial charge on any atom is 0.278 e. The zero-order valence-electron chi connectivity index (χ0n) is 17.6. The van der Waals surface area contributed by atoms with E-state index in [1.807, 2.05) is 25.4 Å². The molecule has 0 aliphatic carbocycles. The van der Waals surface area contributed by atoms with Gasteiger partial charge in [0.2, 0.25) is 0 Å². The Morgan fingerprint density at radius 2 is 1.90 bits per heavy atom. The van der Waals surface area contributed by atoms with Crippen molar-refractivity contribution in [2.75, 3.05) is 51.2 Å². The predicted octanol–water partition coefficient (Wildman–Crippen LogP) is 2.90. The number of hydrogen-bond donors (Lipinski definition) is 0. The standard InChI is InChI=1S/C22H26N6O3/c1-25(10-11-26-12-14-27(15-13-26)22-8-4-5-9-23-22)17-18-16-20(24-31-18)19-6-2-3-7-21(19)28(29)30/h2-9,16H,10-15,17H2,1H3. The van der Waals surface area contributed by atoms with Crippen molar-refractivity contribution >= 4 is 11.5 Å². The summed E-state index contributed by atoms with van der Waals surface area (Å²) in [5.74, 6) is 1.73. The molecule has 162 valence electrons. The smallest absolute Gasteiger partial charge is 0.278 e. The molecule has 0 amide bonds. The number of nitrogens with zero attached hydrogens (tertiary/aromatic N) is 6. The molecule has 0 atom stereocenters. The van der Waals surface area contributed by atoms with Crippen LogP contribution in [0.15, 0.2) is 59.3 Å². The quantitative estimate of drug-likeness (QED) is 0.404. The normalized spacial score (nSPS) is 14.8. The molecule has 31 heavy (non-hydrogen) atoms. The number of hydrogen-bond acceptors (Lipinski definition) is 8. The first-order valence-electron chi connectivity index (χ1n) is 10.4. The summed E-state index contributed by atoms with van der Waals surface area (Å²) in [5.41, 5.74) is 0.984. The number of benzene rings is 1. The Labute approximate surface area is 181 Å². The van der Waals surface area contributed by atoms with Gasteiger partial charge in [-0.15, -0.1) is 0 Å². The van der Waals surface area contributed by atoms with Crippen LogP contribution in [0.4, 0.5) is 11.5 Å². The topological polar surface area (TPSA) is 91.8 Å². The van der Waals surface area contributed by atoms with Gasteiger partial charge in [-0.25, -0.2) is 4.98 Å². The summed E-state index contributed by atoms with van der Waals surface area (Å²) >= 11 is 0. The summed E-state index contributed by atoms with van der Waals surface area (Å²) < 4.78 is 5.44. The maximum atomic E-state index is 11.2. The maximum absolute atomic E-state index is 11.2. The van der Waals surface area contributed by atoms with E-state index in [2.05, 4.69) is 30.9 Å². The summed E-state index contributed by atoms with van der Waals surface area (Å²) in [6.07, 6.45) is 1.83. The Morgan fingerprint density at radius 3 is 2.65 bits per heavy atom. The Hall–Kier alpha value is -3.30. The van der Waals surface area contributed by atoms with Gasteiger partial charge in [0.05, 0.1) is 17.0 Å². The van der Waals surface area contributed by atoms with Crippen LogP contribution in [0.25, 0.3) is 11.3 Å². The first kappa shape index (κ1) is 21.0. The molecule has 1 aliphatic heterocycles. The number of aromatic nitrogens is 2. The molecule has 3 heterocycles. The summed E-state index contributed by atoms with van der Waals surface area (Å²) in [6, 6.07) is 14.4. The van der Waals surface area contributed by atoms with Crippen LogP contribution in [-0.2, 0) is 6.54 Å². The van der Waals surface area contributed by atoms with E-state index < -0.39 is 4.92 Å². The molecule has 3 aromatic rings. The zero-order chi connectivity index (χ0) is 21.6. The van der Waals surface area contributed by atoms with E-state index in [1.165, 1.54) is 6.07 Å². The van der Waals surface area contributed by atoms with Crippen molar-refractivity contribution in [3.05, 3.63) is 70.6 Å². The molecular formula is C22H26N6O3. The fourth-order valence-corrected chi connectivity index (χ4v) is 3.76. The second-order valence-corrected chi connectivity index (χ2v) is 7.71. The monoisotopic (exact) mass is 422 g/mol. The molecule has 9 nitrogen and oxygen atoms in total. The molecule has 0 spiro atoms. The van der Waals surface area contributed by atoms with Crippen LogP contribution in [-0.4, -0.2) is 71.2 Å². The summed E-state index contributed by atoms with van der Waals surface area (Å²) in [4.78, 5) is 22.2. The number of pyridine rings is 1. The van der Waals surface area contributed by atoms with Gasteiger partial charge in [-0.1, -0.05) is 23.4 Å². The third kappa shape index (κ3) is 5.25. The van der Waals surface area contributed by atoms with E-state index >= 15 is 0 Å². The van der Waals surface area contributed by atoms with Crippen LogP contribution < -0.4 is 4.90 Å². The molecule has 0 N–H and O–H groups in total. The Balaban J connectivity index is 1.26. The lowest BCUT2D eigenvalue weighted by Gasteiger charge is -2.36.